The van der Waals surface area contributed by atoms with Crippen LogP contribution >= 0.6 is 0 Å². The highest BCUT2D eigenvalue weighted by Gasteiger charge is 2.11. The van der Waals surface area contributed by atoms with Gasteiger partial charge in [0.2, 0.25) is 0 Å². The van der Waals surface area contributed by atoms with E-state index in [-0.39, 0.29) is 12.2 Å². The van der Waals surface area contributed by atoms with Gasteiger partial charge < -0.3 is 15.9 Å². The number of nitrogens with two attached hydrogens (primary N) is 1. The van der Waals surface area contributed by atoms with Gasteiger partial charge >= 0.3 is 16.4 Å². The molecule has 18 heavy (non-hydrogen) atoms. The van der Waals surface area contributed by atoms with E-state index in [0.29, 0.717) is 0 Å². The summed E-state index contributed by atoms with van der Waals surface area (Å²) >= 11 is 0. The van der Waals surface area contributed by atoms with E-state index in [2.05, 4.69) is 0 Å². The van der Waals surface area contributed by atoms with Gasteiger partial charge in [0.15, 0.2) is 0 Å². The van der Waals surface area contributed by atoms with Crippen molar-refractivity contribution in [3.8, 4) is 5.75 Å². The van der Waals surface area contributed by atoms with Crippen LogP contribution in [-0.4, -0.2) is 39.7 Å². The Kier molecular flexibility index (Phi) is 6.27. The number of aliphatic carboxylic acids is 1. The van der Waals surface area contributed by atoms with Gasteiger partial charge in [-0.15, -0.1) is 0 Å². The Hall–Kier alpha value is -1.68. The molecule has 0 bridgehead atoms. The lowest BCUT2D eigenvalue weighted by molar-refractivity contribution is -0.138. The fourth-order valence-electron chi connectivity index (χ4n) is 0.973. The first-order valence-corrected chi connectivity index (χ1v) is 5.95. The van der Waals surface area contributed by atoms with E-state index in [4.69, 9.17) is 33.5 Å². The normalized spacial score (nSPS) is 12.2. The summed E-state index contributed by atoms with van der Waals surface area (Å²) in [5, 5.41) is 17.5. The van der Waals surface area contributed by atoms with Crippen LogP contribution in [-0.2, 0) is 21.6 Å². The van der Waals surface area contributed by atoms with Gasteiger partial charge in [-0.2, -0.15) is 8.42 Å². The number of phenols is 1. The average molecular weight is 279 g/mol. The minimum atomic E-state index is -4.67. The zero-order valence-corrected chi connectivity index (χ0v) is 9.91. The number of phenolic OH excluding ortho intramolecular Hbond substituents is 1. The van der Waals surface area contributed by atoms with E-state index in [0.717, 1.165) is 5.56 Å². The van der Waals surface area contributed by atoms with E-state index in [9.17, 15) is 4.79 Å². The Morgan fingerprint density at radius 2 is 1.61 bits per heavy atom. The SMILES string of the molecule is N[C@@H](Cc1ccc(O)cc1)C(=O)O.O=S(=O)(O)O. The summed E-state index contributed by atoms with van der Waals surface area (Å²) in [5.41, 5.74) is 6.12. The zero-order valence-electron chi connectivity index (χ0n) is 9.09. The minimum Gasteiger partial charge on any atom is -0.508 e. The largest absolute Gasteiger partial charge is 0.508 e. The molecular formula is C9H13NO7S. The summed E-state index contributed by atoms with van der Waals surface area (Å²) in [5.74, 6) is -0.860. The molecule has 0 unspecified atom stereocenters. The van der Waals surface area contributed by atoms with E-state index >= 15 is 0 Å². The third-order valence-electron chi connectivity index (χ3n) is 1.71. The lowest BCUT2D eigenvalue weighted by Crippen LogP contribution is -2.32. The summed E-state index contributed by atoms with van der Waals surface area (Å²) in [6, 6.07) is 5.42. The van der Waals surface area contributed by atoms with Crippen molar-refractivity contribution >= 4 is 16.4 Å². The number of aromatic hydroxyl groups is 1. The Bertz CT molecular complexity index is 474. The lowest BCUT2D eigenvalue weighted by Gasteiger charge is -2.05. The van der Waals surface area contributed by atoms with Crippen LogP contribution in [0.5, 0.6) is 5.75 Å². The summed E-state index contributed by atoms with van der Waals surface area (Å²) in [4.78, 5) is 10.4. The van der Waals surface area contributed by atoms with E-state index in [1.54, 1.807) is 12.1 Å². The fraction of sp³-hybridized carbons (Fsp3) is 0.222. The molecule has 1 atom stereocenters. The molecule has 0 aromatic heterocycles. The molecule has 8 nitrogen and oxygen atoms in total. The maximum atomic E-state index is 10.4. The van der Waals surface area contributed by atoms with Gasteiger partial charge in [-0.25, -0.2) is 0 Å². The van der Waals surface area contributed by atoms with Crippen LogP contribution in [0.1, 0.15) is 5.56 Å². The topological polar surface area (TPSA) is 158 Å². The van der Waals surface area contributed by atoms with Crippen molar-refractivity contribution in [1.29, 1.82) is 0 Å². The molecule has 102 valence electrons. The predicted octanol–water partition coefficient (Wildman–Crippen LogP) is -0.306. The Labute approximate surface area is 103 Å². The summed E-state index contributed by atoms with van der Waals surface area (Å²) in [6.07, 6.45) is 0.273. The van der Waals surface area contributed by atoms with Crippen molar-refractivity contribution < 1.29 is 32.5 Å². The van der Waals surface area contributed by atoms with Crippen LogP contribution in [0.2, 0.25) is 0 Å². The van der Waals surface area contributed by atoms with E-state index in [1.807, 2.05) is 0 Å². The van der Waals surface area contributed by atoms with Gasteiger partial charge in [0.1, 0.15) is 11.8 Å². The van der Waals surface area contributed by atoms with E-state index in [1.165, 1.54) is 12.1 Å². The molecule has 6 N–H and O–H groups in total. The van der Waals surface area contributed by atoms with Crippen molar-refractivity contribution in [1.82, 2.24) is 0 Å². The Morgan fingerprint density at radius 1 is 1.22 bits per heavy atom. The average Bonchev–Trinajstić information content (AvgIpc) is 2.18. The second-order valence-corrected chi connectivity index (χ2v) is 4.16. The van der Waals surface area contributed by atoms with Gasteiger partial charge in [-0.3, -0.25) is 13.9 Å². The molecular weight excluding hydrogens is 266 g/mol. The highest BCUT2D eigenvalue weighted by molar-refractivity contribution is 7.79. The smallest absolute Gasteiger partial charge is 0.394 e. The molecule has 0 fully saturated rings. The van der Waals surface area contributed by atoms with Crippen molar-refractivity contribution in [3.63, 3.8) is 0 Å². The number of rotatable bonds is 3. The quantitative estimate of drug-likeness (QED) is 0.471. The van der Waals surface area contributed by atoms with Crippen molar-refractivity contribution in [2.75, 3.05) is 0 Å². The third-order valence-corrected chi connectivity index (χ3v) is 1.71. The highest BCUT2D eigenvalue weighted by atomic mass is 32.3. The van der Waals surface area contributed by atoms with Gasteiger partial charge in [0, 0.05) is 0 Å². The first-order chi connectivity index (χ1) is 8.09. The zero-order chi connectivity index (χ0) is 14.3. The third kappa shape index (κ3) is 9.54. The van der Waals surface area contributed by atoms with Gasteiger partial charge in [-0.1, -0.05) is 12.1 Å². The number of benzene rings is 1. The minimum absolute atomic E-state index is 0.160. The molecule has 1 aromatic carbocycles. The maximum Gasteiger partial charge on any atom is 0.394 e. The standard InChI is InChI=1S/C9H11NO3.H2O4S/c10-8(9(12)13)5-6-1-3-7(11)4-2-6;1-5(2,3)4/h1-4,8,11H,5,10H2,(H,12,13);(H2,1,2,3,4)/t8-;/m0./s1. The Morgan fingerprint density at radius 3 is 1.94 bits per heavy atom. The molecule has 0 saturated carbocycles. The van der Waals surface area contributed by atoms with Crippen LogP contribution in [0.3, 0.4) is 0 Å². The van der Waals surface area contributed by atoms with Crippen LogP contribution in [0.4, 0.5) is 0 Å². The highest BCUT2D eigenvalue weighted by Crippen LogP contribution is 2.10. The lowest BCUT2D eigenvalue weighted by atomic mass is 10.1. The predicted molar refractivity (Wildman–Crippen MR) is 61.6 cm³/mol. The molecule has 0 radical (unpaired) electrons. The van der Waals surface area contributed by atoms with Gasteiger partial charge in [-0.05, 0) is 24.1 Å². The second kappa shape index (κ2) is 6.91. The summed E-state index contributed by atoms with van der Waals surface area (Å²) in [7, 11) is -4.67. The van der Waals surface area contributed by atoms with Gasteiger partial charge in [0.05, 0.1) is 0 Å². The molecule has 9 heteroatoms. The van der Waals surface area contributed by atoms with Crippen LogP contribution in [0, 0.1) is 0 Å². The molecule has 1 aromatic rings. The molecule has 0 amide bonds. The molecule has 0 saturated heterocycles. The molecule has 0 aliphatic heterocycles. The molecule has 0 aliphatic carbocycles. The summed E-state index contributed by atoms with van der Waals surface area (Å²) in [6.45, 7) is 0. The number of hydrogen-bond donors (Lipinski definition) is 5. The van der Waals surface area contributed by atoms with E-state index < -0.39 is 22.4 Å². The molecule has 0 aliphatic rings. The fourth-order valence-corrected chi connectivity index (χ4v) is 0.973. The summed E-state index contributed by atoms with van der Waals surface area (Å²) < 4.78 is 31.6. The Balaban J connectivity index is 0.000000494. The number of carboxylic acids is 1. The number of hydrogen-bond acceptors (Lipinski definition) is 5. The first-order valence-electron chi connectivity index (χ1n) is 4.55. The van der Waals surface area contributed by atoms with Crippen molar-refractivity contribution in [2.45, 2.75) is 12.5 Å². The first kappa shape index (κ1) is 16.3. The van der Waals surface area contributed by atoms with Crippen LogP contribution in [0.15, 0.2) is 24.3 Å². The van der Waals surface area contributed by atoms with Crippen molar-refractivity contribution in [3.05, 3.63) is 29.8 Å². The number of carboxylic acid groups (broad SMARTS) is 1. The van der Waals surface area contributed by atoms with Crippen LogP contribution in [0.25, 0.3) is 0 Å². The van der Waals surface area contributed by atoms with Crippen molar-refractivity contribution in [2.24, 2.45) is 5.73 Å². The molecule has 1 rings (SSSR count). The molecule has 0 heterocycles. The number of carbonyl (C=O) groups is 1. The second-order valence-electron chi connectivity index (χ2n) is 3.26. The van der Waals surface area contributed by atoms with Gasteiger partial charge in [0.25, 0.3) is 0 Å². The molecule has 0 spiro atoms. The maximum absolute atomic E-state index is 10.4. The van der Waals surface area contributed by atoms with Crippen LogP contribution < -0.4 is 5.73 Å². The monoisotopic (exact) mass is 279 g/mol.